The maximum atomic E-state index is 10.1. The van der Waals surface area contributed by atoms with Crippen molar-refractivity contribution in [3.8, 4) is 0 Å². The minimum Gasteiger partial charge on any atom is -0.393 e. The van der Waals surface area contributed by atoms with Gasteiger partial charge in [-0.25, -0.2) is 0 Å². The second kappa shape index (κ2) is 5.10. The van der Waals surface area contributed by atoms with Crippen LogP contribution in [0.5, 0.6) is 0 Å². The molecule has 0 amide bonds. The predicted octanol–water partition coefficient (Wildman–Crippen LogP) is 5.34. The van der Waals surface area contributed by atoms with Crippen molar-refractivity contribution in [3.05, 3.63) is 11.6 Å². The Morgan fingerprint density at radius 2 is 1.82 bits per heavy atom. The Labute approximate surface area is 136 Å². The quantitative estimate of drug-likeness (QED) is 0.599. The van der Waals surface area contributed by atoms with E-state index in [-0.39, 0.29) is 6.10 Å². The van der Waals surface area contributed by atoms with E-state index >= 15 is 0 Å². The molecule has 4 aliphatic carbocycles. The van der Waals surface area contributed by atoms with Crippen molar-refractivity contribution in [1.29, 1.82) is 0 Å². The average molecular weight is 303 g/mol. The highest BCUT2D eigenvalue weighted by Gasteiger charge is 2.58. The number of aliphatic hydroxyl groups is 1. The summed E-state index contributed by atoms with van der Waals surface area (Å²) in [7, 11) is 0. The van der Waals surface area contributed by atoms with Crippen LogP contribution in [0.3, 0.4) is 0 Å². The smallest absolute Gasteiger partial charge is 0.0543 e. The first kappa shape index (κ1) is 15.2. The first-order chi connectivity index (χ1) is 10.5. The van der Waals surface area contributed by atoms with Crippen LogP contribution in [0, 0.1) is 34.5 Å². The van der Waals surface area contributed by atoms with Crippen LogP contribution in [0.2, 0.25) is 0 Å². The number of hydrogen-bond donors (Lipinski definition) is 1. The van der Waals surface area contributed by atoms with Crippen LogP contribution in [-0.4, -0.2) is 11.2 Å². The summed E-state index contributed by atoms with van der Waals surface area (Å²) in [5.41, 5.74) is 2.82. The minimum atomic E-state index is -0.00964. The standard InChI is InChI=1S/C21H34O/c1-4-14-6-8-18-17-7-5-15-13-16(22)9-11-21(15,3)19(17)10-12-20(14,18)2/h4,15-19,22H,5-13H2,1-3H3/b14-4-/t15?,16-,17-,18-,19-,20+,21-/m0/s1. The van der Waals surface area contributed by atoms with E-state index in [1.807, 2.05) is 0 Å². The summed E-state index contributed by atoms with van der Waals surface area (Å²) in [6.07, 6.45) is 14.3. The highest BCUT2D eigenvalue weighted by Crippen LogP contribution is 2.67. The molecule has 0 heterocycles. The molecule has 0 aromatic carbocycles. The van der Waals surface area contributed by atoms with E-state index < -0.39 is 0 Å². The molecule has 4 fully saturated rings. The molecule has 124 valence electrons. The van der Waals surface area contributed by atoms with Crippen molar-refractivity contribution < 1.29 is 5.11 Å². The molecule has 0 aromatic heterocycles. The predicted molar refractivity (Wildman–Crippen MR) is 91.5 cm³/mol. The Balaban J connectivity index is 1.63. The van der Waals surface area contributed by atoms with E-state index in [9.17, 15) is 5.11 Å². The first-order valence-electron chi connectivity index (χ1n) is 9.83. The molecule has 0 saturated heterocycles. The second-order valence-corrected chi connectivity index (χ2v) is 9.39. The number of allylic oxidation sites excluding steroid dienone is 2. The summed E-state index contributed by atoms with van der Waals surface area (Å²) < 4.78 is 0. The van der Waals surface area contributed by atoms with Gasteiger partial charge in [0, 0.05) is 0 Å². The topological polar surface area (TPSA) is 20.2 Å². The molecule has 1 unspecified atom stereocenters. The van der Waals surface area contributed by atoms with Crippen molar-refractivity contribution in [2.24, 2.45) is 34.5 Å². The van der Waals surface area contributed by atoms with Gasteiger partial charge in [-0.1, -0.05) is 25.5 Å². The van der Waals surface area contributed by atoms with E-state index in [1.54, 1.807) is 5.57 Å². The highest BCUT2D eigenvalue weighted by atomic mass is 16.3. The molecule has 4 aliphatic rings. The van der Waals surface area contributed by atoms with Gasteiger partial charge < -0.3 is 5.11 Å². The second-order valence-electron chi connectivity index (χ2n) is 9.39. The lowest BCUT2D eigenvalue weighted by Crippen LogP contribution is -2.53. The van der Waals surface area contributed by atoms with Crippen molar-refractivity contribution in [1.82, 2.24) is 0 Å². The Kier molecular flexibility index (Phi) is 3.53. The lowest BCUT2D eigenvalue weighted by atomic mass is 9.45. The molecule has 0 spiro atoms. The van der Waals surface area contributed by atoms with Gasteiger partial charge in [-0.2, -0.15) is 0 Å². The Morgan fingerprint density at radius 3 is 2.59 bits per heavy atom. The number of aliphatic hydroxyl groups excluding tert-OH is 1. The monoisotopic (exact) mass is 302 g/mol. The van der Waals surface area contributed by atoms with Crippen LogP contribution in [-0.2, 0) is 0 Å². The number of rotatable bonds is 0. The molecule has 4 saturated carbocycles. The SMILES string of the molecule is C/C=C1/CC[C@H]2[C@@H]3CCC4C[C@@H](O)CC[C@]4(C)[C@H]3CC[C@]12C. The van der Waals surface area contributed by atoms with E-state index in [0.717, 1.165) is 36.5 Å². The summed E-state index contributed by atoms with van der Waals surface area (Å²) in [6.45, 7) is 7.43. The van der Waals surface area contributed by atoms with Gasteiger partial charge in [-0.3, -0.25) is 0 Å². The third-order valence-corrected chi connectivity index (χ3v) is 8.83. The normalized spacial score (nSPS) is 56.4. The van der Waals surface area contributed by atoms with Gasteiger partial charge in [-0.15, -0.1) is 0 Å². The fourth-order valence-corrected chi connectivity index (χ4v) is 7.56. The van der Waals surface area contributed by atoms with Gasteiger partial charge in [0.2, 0.25) is 0 Å². The van der Waals surface area contributed by atoms with Crippen LogP contribution >= 0.6 is 0 Å². The third kappa shape index (κ3) is 1.93. The zero-order valence-corrected chi connectivity index (χ0v) is 14.8. The summed E-state index contributed by atoms with van der Waals surface area (Å²) in [5, 5.41) is 10.1. The number of hydrogen-bond acceptors (Lipinski definition) is 1. The number of fused-ring (bicyclic) bond motifs is 5. The summed E-state index contributed by atoms with van der Waals surface area (Å²) in [6, 6.07) is 0. The van der Waals surface area contributed by atoms with Crippen molar-refractivity contribution >= 4 is 0 Å². The Bertz CT molecular complexity index is 480. The maximum absolute atomic E-state index is 10.1. The molecule has 4 rings (SSSR count). The van der Waals surface area contributed by atoms with Crippen LogP contribution < -0.4 is 0 Å². The first-order valence-corrected chi connectivity index (χ1v) is 9.83. The average Bonchev–Trinajstić information content (AvgIpc) is 2.84. The van der Waals surface area contributed by atoms with E-state index in [4.69, 9.17) is 0 Å². The van der Waals surface area contributed by atoms with Crippen molar-refractivity contribution in [2.75, 3.05) is 0 Å². The van der Waals surface area contributed by atoms with E-state index in [2.05, 4.69) is 26.8 Å². The molecule has 1 nitrogen and oxygen atoms in total. The molecule has 0 radical (unpaired) electrons. The fourth-order valence-electron chi connectivity index (χ4n) is 7.56. The Morgan fingerprint density at radius 1 is 1.00 bits per heavy atom. The lowest BCUT2D eigenvalue weighted by Gasteiger charge is -2.60. The molecular weight excluding hydrogens is 268 g/mol. The van der Waals surface area contributed by atoms with Crippen LogP contribution in [0.4, 0.5) is 0 Å². The largest absolute Gasteiger partial charge is 0.393 e. The molecule has 0 bridgehead atoms. The maximum Gasteiger partial charge on any atom is 0.0543 e. The van der Waals surface area contributed by atoms with Crippen LogP contribution in [0.25, 0.3) is 0 Å². The van der Waals surface area contributed by atoms with Gasteiger partial charge in [0.1, 0.15) is 0 Å². The highest BCUT2D eigenvalue weighted by molar-refractivity contribution is 5.23. The van der Waals surface area contributed by atoms with Crippen LogP contribution in [0.1, 0.15) is 78.6 Å². The van der Waals surface area contributed by atoms with Gasteiger partial charge >= 0.3 is 0 Å². The van der Waals surface area contributed by atoms with Crippen LogP contribution in [0.15, 0.2) is 11.6 Å². The minimum absolute atomic E-state index is 0.00964. The molecular formula is C21H34O. The lowest BCUT2D eigenvalue weighted by molar-refractivity contribution is -0.116. The molecule has 0 aliphatic heterocycles. The molecule has 22 heavy (non-hydrogen) atoms. The molecule has 1 N–H and O–H groups in total. The van der Waals surface area contributed by atoms with Gasteiger partial charge in [-0.05, 0) is 99.2 Å². The van der Waals surface area contributed by atoms with E-state index in [1.165, 1.54) is 44.9 Å². The Hall–Kier alpha value is -0.300. The summed E-state index contributed by atoms with van der Waals surface area (Å²) in [4.78, 5) is 0. The molecule has 7 atom stereocenters. The van der Waals surface area contributed by atoms with Gasteiger partial charge in [0.15, 0.2) is 0 Å². The zero-order chi connectivity index (χ0) is 15.5. The van der Waals surface area contributed by atoms with Crippen molar-refractivity contribution in [3.63, 3.8) is 0 Å². The van der Waals surface area contributed by atoms with E-state index in [0.29, 0.717) is 10.8 Å². The fraction of sp³-hybridized carbons (Fsp3) is 0.905. The summed E-state index contributed by atoms with van der Waals surface area (Å²) >= 11 is 0. The summed E-state index contributed by atoms with van der Waals surface area (Å²) in [5.74, 6) is 3.65. The molecule has 0 aromatic rings. The molecule has 1 heteroatoms. The zero-order valence-electron chi connectivity index (χ0n) is 14.8. The van der Waals surface area contributed by atoms with Gasteiger partial charge in [0.05, 0.1) is 6.10 Å². The van der Waals surface area contributed by atoms with Crippen molar-refractivity contribution in [2.45, 2.75) is 84.7 Å². The van der Waals surface area contributed by atoms with Gasteiger partial charge in [0.25, 0.3) is 0 Å². The third-order valence-electron chi connectivity index (χ3n) is 8.83.